The molecular formula is C18H16FN5OS. The van der Waals surface area contributed by atoms with E-state index in [0.717, 1.165) is 16.6 Å². The van der Waals surface area contributed by atoms with Gasteiger partial charge >= 0.3 is 0 Å². The fraction of sp³-hybridized carbons (Fsp3) is 0.167. The molecule has 0 bridgehead atoms. The van der Waals surface area contributed by atoms with E-state index < -0.39 is 0 Å². The Kier molecular flexibility index (Phi) is 4.34. The van der Waals surface area contributed by atoms with E-state index in [9.17, 15) is 9.18 Å². The Morgan fingerprint density at radius 1 is 1.23 bits per heavy atom. The van der Waals surface area contributed by atoms with Crippen LogP contribution in [0.4, 0.5) is 4.39 Å². The summed E-state index contributed by atoms with van der Waals surface area (Å²) in [4.78, 5) is 18.5. The number of fused-ring (bicyclic) bond motifs is 3. The molecule has 0 aliphatic rings. The monoisotopic (exact) mass is 369 g/mol. The van der Waals surface area contributed by atoms with Crippen molar-refractivity contribution in [1.29, 1.82) is 0 Å². The van der Waals surface area contributed by atoms with Crippen molar-refractivity contribution in [1.82, 2.24) is 24.5 Å². The topological polar surface area (TPSA) is 66.3 Å². The standard InChI is InChI=1S/C18H16FN5OS/c1-23(10-12-6-8-13(19)9-7-12)16(25)11-26-18-22-21-17-20-14-4-2-3-5-15(14)24(17)18/h2-9H,10-11H2,1H3,(H,20,21). The predicted molar refractivity (Wildman–Crippen MR) is 98.4 cm³/mol. The molecule has 4 aromatic rings. The third-order valence-electron chi connectivity index (χ3n) is 4.09. The minimum Gasteiger partial charge on any atom is -0.341 e. The molecule has 6 nitrogen and oxygen atoms in total. The van der Waals surface area contributed by atoms with Gasteiger partial charge in [-0.15, -0.1) is 5.10 Å². The van der Waals surface area contributed by atoms with Crippen molar-refractivity contribution in [3.8, 4) is 0 Å². The number of benzene rings is 2. The number of hydrogen-bond acceptors (Lipinski definition) is 4. The Morgan fingerprint density at radius 3 is 2.81 bits per heavy atom. The predicted octanol–water partition coefficient (Wildman–Crippen LogP) is 3.10. The molecule has 0 radical (unpaired) electrons. The molecule has 0 unspecified atom stereocenters. The number of carbonyl (C=O) groups excluding carboxylic acids is 1. The van der Waals surface area contributed by atoms with Crippen LogP contribution in [-0.4, -0.2) is 43.2 Å². The molecule has 2 aromatic carbocycles. The summed E-state index contributed by atoms with van der Waals surface area (Å²) in [5.74, 6) is 0.596. The van der Waals surface area contributed by atoms with E-state index in [0.29, 0.717) is 17.5 Å². The number of carbonyl (C=O) groups is 1. The highest BCUT2D eigenvalue weighted by molar-refractivity contribution is 7.99. The number of thioether (sulfide) groups is 1. The van der Waals surface area contributed by atoms with E-state index in [-0.39, 0.29) is 17.5 Å². The van der Waals surface area contributed by atoms with Crippen molar-refractivity contribution in [3.63, 3.8) is 0 Å². The molecule has 0 aliphatic heterocycles. The zero-order valence-electron chi connectivity index (χ0n) is 14.0. The molecule has 0 aliphatic carbocycles. The zero-order valence-corrected chi connectivity index (χ0v) is 14.8. The molecule has 4 rings (SSSR count). The van der Waals surface area contributed by atoms with Crippen LogP contribution < -0.4 is 0 Å². The summed E-state index contributed by atoms with van der Waals surface area (Å²) in [6.07, 6.45) is 0. The molecule has 0 spiro atoms. The van der Waals surface area contributed by atoms with Gasteiger partial charge in [0, 0.05) is 13.6 Å². The molecule has 0 atom stereocenters. The van der Waals surface area contributed by atoms with Gasteiger partial charge in [-0.1, -0.05) is 36.0 Å². The number of aromatic amines is 1. The van der Waals surface area contributed by atoms with Crippen molar-refractivity contribution in [2.24, 2.45) is 0 Å². The van der Waals surface area contributed by atoms with Crippen LogP contribution in [0.2, 0.25) is 0 Å². The van der Waals surface area contributed by atoms with Gasteiger partial charge in [0.05, 0.1) is 16.8 Å². The van der Waals surface area contributed by atoms with E-state index in [4.69, 9.17) is 0 Å². The lowest BCUT2D eigenvalue weighted by atomic mass is 10.2. The van der Waals surface area contributed by atoms with E-state index in [1.807, 2.05) is 28.7 Å². The Balaban J connectivity index is 1.45. The average Bonchev–Trinajstić information content (AvgIpc) is 3.20. The molecule has 0 saturated heterocycles. The summed E-state index contributed by atoms with van der Waals surface area (Å²) in [5, 5.41) is 7.84. The summed E-state index contributed by atoms with van der Waals surface area (Å²) >= 11 is 1.35. The van der Waals surface area contributed by atoms with Crippen molar-refractivity contribution in [2.75, 3.05) is 12.8 Å². The summed E-state index contributed by atoms with van der Waals surface area (Å²) in [6, 6.07) is 13.9. The van der Waals surface area contributed by atoms with E-state index in [1.54, 1.807) is 24.1 Å². The fourth-order valence-electron chi connectivity index (χ4n) is 2.73. The summed E-state index contributed by atoms with van der Waals surface area (Å²) in [6.45, 7) is 0.434. The van der Waals surface area contributed by atoms with Gasteiger partial charge in [0.2, 0.25) is 11.7 Å². The Labute approximate surface area is 153 Å². The molecule has 26 heavy (non-hydrogen) atoms. The van der Waals surface area contributed by atoms with Gasteiger partial charge < -0.3 is 4.90 Å². The van der Waals surface area contributed by atoms with Crippen LogP contribution >= 0.6 is 11.8 Å². The summed E-state index contributed by atoms with van der Waals surface area (Å²) in [7, 11) is 1.74. The number of hydrogen-bond donors (Lipinski definition) is 1. The molecule has 132 valence electrons. The number of nitrogens with one attached hydrogen (secondary N) is 1. The highest BCUT2D eigenvalue weighted by atomic mass is 32.2. The molecule has 1 N–H and O–H groups in total. The van der Waals surface area contributed by atoms with E-state index in [1.165, 1.54) is 23.9 Å². The lowest BCUT2D eigenvalue weighted by molar-refractivity contribution is -0.127. The van der Waals surface area contributed by atoms with Crippen molar-refractivity contribution in [3.05, 3.63) is 59.9 Å². The van der Waals surface area contributed by atoms with Crippen LogP contribution in [0.15, 0.2) is 53.7 Å². The lowest BCUT2D eigenvalue weighted by Gasteiger charge is -2.16. The normalized spacial score (nSPS) is 11.3. The third-order valence-corrected chi connectivity index (χ3v) is 5.01. The highest BCUT2D eigenvalue weighted by Crippen LogP contribution is 2.23. The number of halogens is 1. The number of para-hydroxylation sites is 2. The van der Waals surface area contributed by atoms with E-state index >= 15 is 0 Å². The maximum atomic E-state index is 13.0. The molecule has 2 heterocycles. The second-order valence-electron chi connectivity index (χ2n) is 5.93. The number of imidazole rings is 1. The number of amides is 1. The van der Waals surface area contributed by atoms with Crippen LogP contribution in [-0.2, 0) is 11.3 Å². The van der Waals surface area contributed by atoms with Crippen LogP contribution in [0.1, 0.15) is 5.56 Å². The van der Waals surface area contributed by atoms with Crippen LogP contribution in [0.25, 0.3) is 16.8 Å². The molecule has 8 heteroatoms. The Bertz CT molecular complexity index is 1070. The quantitative estimate of drug-likeness (QED) is 0.549. The van der Waals surface area contributed by atoms with Gasteiger partial charge in [-0.2, -0.15) is 0 Å². The zero-order chi connectivity index (χ0) is 18.1. The van der Waals surface area contributed by atoms with Gasteiger partial charge in [-0.05, 0) is 29.8 Å². The molecule has 2 aromatic heterocycles. The first-order valence-electron chi connectivity index (χ1n) is 8.04. The van der Waals surface area contributed by atoms with Gasteiger partial charge in [0.25, 0.3) is 0 Å². The van der Waals surface area contributed by atoms with Crippen molar-refractivity contribution < 1.29 is 9.18 Å². The minimum absolute atomic E-state index is 0.0279. The maximum Gasteiger partial charge on any atom is 0.233 e. The third kappa shape index (κ3) is 3.15. The highest BCUT2D eigenvalue weighted by Gasteiger charge is 2.15. The lowest BCUT2D eigenvalue weighted by Crippen LogP contribution is -2.27. The first-order valence-corrected chi connectivity index (χ1v) is 9.03. The summed E-state index contributed by atoms with van der Waals surface area (Å²) < 4.78 is 14.9. The summed E-state index contributed by atoms with van der Waals surface area (Å²) in [5.41, 5.74) is 2.71. The molecule has 1 amide bonds. The van der Waals surface area contributed by atoms with Crippen molar-refractivity contribution in [2.45, 2.75) is 11.7 Å². The minimum atomic E-state index is -0.284. The first kappa shape index (κ1) is 16.6. The number of aromatic nitrogens is 4. The van der Waals surface area contributed by atoms with Gasteiger partial charge in [-0.25, -0.2) is 14.5 Å². The van der Waals surface area contributed by atoms with Gasteiger partial charge in [-0.3, -0.25) is 9.20 Å². The van der Waals surface area contributed by atoms with E-state index in [2.05, 4.69) is 15.2 Å². The number of H-pyrrole nitrogens is 1. The molecule has 0 fully saturated rings. The average molecular weight is 369 g/mol. The number of rotatable bonds is 5. The SMILES string of the molecule is CN(Cc1ccc(F)cc1)C(=O)CSc1n[nH]c2nc3ccccc3n12. The van der Waals surface area contributed by atoms with Crippen LogP contribution in [0.5, 0.6) is 0 Å². The smallest absolute Gasteiger partial charge is 0.233 e. The second-order valence-corrected chi connectivity index (χ2v) is 6.87. The first-order chi connectivity index (χ1) is 12.6. The van der Waals surface area contributed by atoms with Crippen molar-refractivity contribution >= 4 is 34.5 Å². The largest absolute Gasteiger partial charge is 0.341 e. The second kappa shape index (κ2) is 6.80. The van der Waals surface area contributed by atoms with Gasteiger partial charge in [0.1, 0.15) is 5.82 Å². The van der Waals surface area contributed by atoms with Crippen LogP contribution in [0, 0.1) is 5.82 Å². The van der Waals surface area contributed by atoms with Gasteiger partial charge in [0.15, 0.2) is 5.16 Å². The Morgan fingerprint density at radius 2 is 2.00 bits per heavy atom. The molecular weight excluding hydrogens is 353 g/mol. The molecule has 0 saturated carbocycles. The van der Waals surface area contributed by atoms with Crippen LogP contribution in [0.3, 0.4) is 0 Å². The fourth-order valence-corrected chi connectivity index (χ4v) is 3.62. The number of nitrogens with zero attached hydrogens (tertiary/aromatic N) is 4. The Hall–Kier alpha value is -2.87. The maximum absolute atomic E-state index is 13.0.